The van der Waals surface area contributed by atoms with Gasteiger partial charge >= 0.3 is 0 Å². The van der Waals surface area contributed by atoms with Crippen molar-refractivity contribution in [3.8, 4) is 6.07 Å². The van der Waals surface area contributed by atoms with Crippen molar-refractivity contribution in [1.29, 1.82) is 5.26 Å². The Labute approximate surface area is 120 Å². The van der Waals surface area contributed by atoms with Crippen molar-refractivity contribution < 1.29 is 0 Å². The molecule has 2 aromatic rings. The Hall–Kier alpha value is -2.47. The van der Waals surface area contributed by atoms with E-state index < -0.39 is 0 Å². The van der Waals surface area contributed by atoms with E-state index in [1.54, 1.807) is 6.07 Å². The van der Waals surface area contributed by atoms with Crippen molar-refractivity contribution in [1.82, 2.24) is 0 Å². The molecule has 0 atom stereocenters. The first-order valence-corrected chi connectivity index (χ1v) is 6.93. The summed E-state index contributed by atoms with van der Waals surface area (Å²) in [6.07, 6.45) is 3.50. The number of nitrogens with zero attached hydrogens (tertiary/aromatic N) is 1. The summed E-state index contributed by atoms with van der Waals surface area (Å²) in [7, 11) is 0. The Morgan fingerprint density at radius 3 is 2.70 bits per heavy atom. The average molecular weight is 265 g/mol. The number of hydrazine groups is 1. The minimum atomic E-state index is 0.627. The molecule has 0 radical (unpaired) electrons. The number of hydrogen-bond donors (Lipinski definition) is 2. The van der Waals surface area contributed by atoms with E-state index in [1.807, 2.05) is 30.3 Å². The molecule has 2 N–H and O–H groups in total. The zero-order chi connectivity index (χ0) is 14.2. The quantitative estimate of drug-likeness (QED) is 0.764. The SMILES string of the molecule is CCCCc1cccc(NNc2ccccc2C#N)c1. The predicted molar refractivity (Wildman–Crippen MR) is 83.5 cm³/mol. The van der Waals surface area contributed by atoms with Gasteiger partial charge in [-0.1, -0.05) is 37.6 Å². The second kappa shape index (κ2) is 7.20. The molecule has 0 unspecified atom stereocenters. The summed E-state index contributed by atoms with van der Waals surface area (Å²) in [5.41, 5.74) is 9.99. The van der Waals surface area contributed by atoms with Crippen LogP contribution in [-0.2, 0) is 6.42 Å². The summed E-state index contributed by atoms with van der Waals surface area (Å²) in [6.45, 7) is 2.20. The lowest BCUT2D eigenvalue weighted by molar-refractivity contribution is 0.795. The second-order valence-corrected chi connectivity index (χ2v) is 4.71. The zero-order valence-corrected chi connectivity index (χ0v) is 11.7. The summed E-state index contributed by atoms with van der Waals surface area (Å²) in [4.78, 5) is 0. The van der Waals surface area contributed by atoms with Crippen LogP contribution in [0, 0.1) is 11.3 Å². The van der Waals surface area contributed by atoms with Crippen LogP contribution in [0.3, 0.4) is 0 Å². The lowest BCUT2D eigenvalue weighted by Gasteiger charge is -2.12. The molecule has 0 fully saturated rings. The van der Waals surface area contributed by atoms with Crippen LogP contribution in [0.1, 0.15) is 30.9 Å². The van der Waals surface area contributed by atoms with Crippen LogP contribution in [0.4, 0.5) is 11.4 Å². The maximum Gasteiger partial charge on any atom is 0.101 e. The Kier molecular flexibility index (Phi) is 5.02. The molecule has 0 amide bonds. The van der Waals surface area contributed by atoms with Gasteiger partial charge in [0.25, 0.3) is 0 Å². The van der Waals surface area contributed by atoms with Crippen LogP contribution >= 0.6 is 0 Å². The molecule has 0 heterocycles. The Morgan fingerprint density at radius 2 is 1.90 bits per heavy atom. The molecule has 0 bridgehead atoms. The smallest absolute Gasteiger partial charge is 0.101 e. The lowest BCUT2D eigenvalue weighted by Crippen LogP contribution is -2.09. The summed E-state index contributed by atoms with van der Waals surface area (Å²) < 4.78 is 0. The molecule has 0 saturated heterocycles. The number of nitriles is 1. The van der Waals surface area contributed by atoms with Gasteiger partial charge in [0.1, 0.15) is 6.07 Å². The fraction of sp³-hybridized carbons (Fsp3) is 0.235. The molecule has 0 aliphatic heterocycles. The molecule has 2 aromatic carbocycles. The van der Waals surface area contributed by atoms with E-state index >= 15 is 0 Å². The molecular formula is C17H19N3. The average Bonchev–Trinajstić information content (AvgIpc) is 2.51. The number of aryl methyl sites for hydroxylation is 1. The summed E-state index contributed by atoms with van der Waals surface area (Å²) in [6, 6.07) is 17.9. The van der Waals surface area contributed by atoms with Gasteiger partial charge in [-0.15, -0.1) is 0 Å². The highest BCUT2D eigenvalue weighted by Crippen LogP contribution is 2.16. The van der Waals surface area contributed by atoms with E-state index in [9.17, 15) is 0 Å². The molecule has 2 rings (SSSR count). The summed E-state index contributed by atoms with van der Waals surface area (Å²) >= 11 is 0. The van der Waals surface area contributed by atoms with E-state index in [1.165, 1.54) is 18.4 Å². The van der Waals surface area contributed by atoms with Crippen molar-refractivity contribution in [2.24, 2.45) is 0 Å². The first-order chi connectivity index (χ1) is 9.83. The number of hydrogen-bond acceptors (Lipinski definition) is 3. The number of benzene rings is 2. The number of para-hydroxylation sites is 1. The standard InChI is InChI=1S/C17H19N3/c1-2-3-7-14-8-6-10-16(12-14)19-20-17-11-5-4-9-15(17)13-18/h4-6,8-12,19-20H,2-3,7H2,1H3. The second-order valence-electron chi connectivity index (χ2n) is 4.71. The fourth-order valence-corrected chi connectivity index (χ4v) is 2.01. The minimum absolute atomic E-state index is 0.627. The molecule has 3 nitrogen and oxygen atoms in total. The number of unbranched alkanes of at least 4 members (excludes halogenated alkanes) is 1. The fourth-order valence-electron chi connectivity index (χ4n) is 2.01. The van der Waals surface area contributed by atoms with Crippen LogP contribution in [-0.4, -0.2) is 0 Å². The highest BCUT2D eigenvalue weighted by Gasteiger charge is 2.00. The monoisotopic (exact) mass is 265 g/mol. The van der Waals surface area contributed by atoms with E-state index in [-0.39, 0.29) is 0 Å². The van der Waals surface area contributed by atoms with Gasteiger partial charge in [0.15, 0.2) is 0 Å². The first kappa shape index (κ1) is 14.0. The molecule has 0 aromatic heterocycles. The zero-order valence-electron chi connectivity index (χ0n) is 11.7. The highest BCUT2D eigenvalue weighted by atomic mass is 15.4. The van der Waals surface area contributed by atoms with Crippen LogP contribution in [0.15, 0.2) is 48.5 Å². The van der Waals surface area contributed by atoms with E-state index in [0.717, 1.165) is 17.8 Å². The first-order valence-electron chi connectivity index (χ1n) is 6.93. The number of nitrogens with one attached hydrogen (secondary N) is 2. The third-order valence-corrected chi connectivity index (χ3v) is 3.14. The summed E-state index contributed by atoms with van der Waals surface area (Å²) in [5.74, 6) is 0. The van der Waals surface area contributed by atoms with Crippen molar-refractivity contribution >= 4 is 11.4 Å². The van der Waals surface area contributed by atoms with E-state index in [4.69, 9.17) is 5.26 Å². The van der Waals surface area contributed by atoms with Crippen LogP contribution < -0.4 is 10.9 Å². The van der Waals surface area contributed by atoms with Gasteiger partial charge in [-0.05, 0) is 42.7 Å². The van der Waals surface area contributed by atoms with Crippen molar-refractivity contribution in [3.63, 3.8) is 0 Å². The Balaban J connectivity index is 2.02. The topological polar surface area (TPSA) is 47.8 Å². The molecular weight excluding hydrogens is 246 g/mol. The van der Waals surface area contributed by atoms with Gasteiger partial charge in [-0.25, -0.2) is 0 Å². The lowest BCUT2D eigenvalue weighted by atomic mass is 10.1. The van der Waals surface area contributed by atoms with Crippen molar-refractivity contribution in [2.75, 3.05) is 10.9 Å². The third-order valence-electron chi connectivity index (χ3n) is 3.14. The molecule has 0 aliphatic rings. The minimum Gasteiger partial charge on any atom is -0.301 e. The number of anilines is 2. The van der Waals surface area contributed by atoms with Crippen molar-refractivity contribution in [3.05, 3.63) is 59.7 Å². The maximum absolute atomic E-state index is 9.04. The maximum atomic E-state index is 9.04. The van der Waals surface area contributed by atoms with E-state index in [0.29, 0.717) is 5.56 Å². The highest BCUT2D eigenvalue weighted by molar-refractivity contribution is 5.60. The number of rotatable bonds is 6. The Bertz CT molecular complexity index is 599. The van der Waals surface area contributed by atoms with Gasteiger partial charge in [-0.3, -0.25) is 5.43 Å². The molecule has 0 saturated carbocycles. The molecule has 0 spiro atoms. The van der Waals surface area contributed by atoms with Crippen LogP contribution in [0.5, 0.6) is 0 Å². The largest absolute Gasteiger partial charge is 0.301 e. The molecule has 0 aliphatic carbocycles. The third kappa shape index (κ3) is 3.76. The van der Waals surface area contributed by atoms with Crippen molar-refractivity contribution in [2.45, 2.75) is 26.2 Å². The molecule has 20 heavy (non-hydrogen) atoms. The van der Waals surface area contributed by atoms with Crippen LogP contribution in [0.25, 0.3) is 0 Å². The molecule has 3 heteroatoms. The summed E-state index contributed by atoms with van der Waals surface area (Å²) in [5, 5.41) is 9.04. The Morgan fingerprint density at radius 1 is 1.05 bits per heavy atom. The predicted octanol–water partition coefficient (Wildman–Crippen LogP) is 4.34. The normalized spacial score (nSPS) is 9.80. The van der Waals surface area contributed by atoms with Gasteiger partial charge in [-0.2, -0.15) is 5.26 Å². The van der Waals surface area contributed by atoms with Gasteiger partial charge in [0.05, 0.1) is 16.9 Å². The van der Waals surface area contributed by atoms with E-state index in [2.05, 4.69) is 36.0 Å². The van der Waals surface area contributed by atoms with Gasteiger partial charge in [0.2, 0.25) is 0 Å². The van der Waals surface area contributed by atoms with Gasteiger partial charge in [0, 0.05) is 0 Å². The van der Waals surface area contributed by atoms with Gasteiger partial charge < -0.3 is 5.43 Å². The molecule has 102 valence electrons. The van der Waals surface area contributed by atoms with Crippen LogP contribution in [0.2, 0.25) is 0 Å².